The number of rotatable bonds is 8. The number of carbonyl (C=O) groups is 2. The molecule has 0 aliphatic heterocycles. The highest BCUT2D eigenvalue weighted by Gasteiger charge is 2.20. The molecule has 1 aromatic heterocycles. The molecule has 0 fully saturated rings. The van der Waals surface area contributed by atoms with Gasteiger partial charge in [-0.3, -0.25) is 9.59 Å². The summed E-state index contributed by atoms with van der Waals surface area (Å²) in [5.41, 5.74) is 6.71. The van der Waals surface area contributed by atoms with E-state index < -0.39 is 5.91 Å². The summed E-state index contributed by atoms with van der Waals surface area (Å²) in [5, 5.41) is 14.7. The third kappa shape index (κ3) is 4.88. The predicted molar refractivity (Wildman–Crippen MR) is 114 cm³/mol. The van der Waals surface area contributed by atoms with Crippen molar-refractivity contribution in [2.75, 3.05) is 25.6 Å². The maximum Gasteiger partial charge on any atom is 0.273 e. The number of hydrogen-bond acceptors (Lipinski definition) is 6. The number of hydrogen-bond donors (Lipinski definition) is 3. The Hall–Kier alpha value is -3.14. The minimum atomic E-state index is -0.777. The molecule has 0 unspecified atom stereocenters. The molecule has 0 saturated heterocycles. The van der Waals surface area contributed by atoms with E-state index in [1.165, 1.54) is 0 Å². The van der Waals surface area contributed by atoms with Gasteiger partial charge in [0.2, 0.25) is 0 Å². The SMILES string of the molecule is COCCNC(=O)c1ccc(Nc2nn(-c3c(Cl)cccc3Cl)nc2C(N)=O)cc1. The van der Waals surface area contributed by atoms with Gasteiger partial charge in [0.05, 0.1) is 16.7 Å². The molecule has 30 heavy (non-hydrogen) atoms. The van der Waals surface area contributed by atoms with E-state index in [1.807, 2.05) is 0 Å². The molecule has 0 aliphatic rings. The third-order valence-corrected chi connectivity index (χ3v) is 4.60. The number of carbonyl (C=O) groups excluding carboxylic acids is 2. The molecule has 4 N–H and O–H groups in total. The van der Waals surface area contributed by atoms with E-state index in [0.29, 0.717) is 40.1 Å². The van der Waals surface area contributed by atoms with Gasteiger partial charge in [-0.05, 0) is 36.4 Å². The standard InChI is InChI=1S/C19H18Cl2N6O3/c1-30-10-9-23-19(29)11-5-7-12(8-6-11)24-18-15(17(22)28)25-27(26-18)16-13(20)3-2-4-14(16)21/h2-8H,9-10H2,1H3,(H2,22,28)(H,23,29)(H,24,26). The average molecular weight is 449 g/mol. The van der Waals surface area contributed by atoms with Crippen molar-refractivity contribution in [3.8, 4) is 5.69 Å². The number of nitrogens with one attached hydrogen (secondary N) is 2. The number of nitrogens with zero attached hydrogens (tertiary/aromatic N) is 3. The first-order chi connectivity index (χ1) is 14.4. The Morgan fingerprint density at radius 3 is 2.37 bits per heavy atom. The number of anilines is 2. The highest BCUT2D eigenvalue weighted by molar-refractivity contribution is 6.37. The summed E-state index contributed by atoms with van der Waals surface area (Å²) in [6.07, 6.45) is 0. The molecule has 11 heteroatoms. The number of halogens is 2. The zero-order valence-corrected chi connectivity index (χ0v) is 17.4. The molecule has 9 nitrogen and oxygen atoms in total. The van der Waals surface area contributed by atoms with Crippen LogP contribution < -0.4 is 16.4 Å². The first-order valence-corrected chi connectivity index (χ1v) is 9.52. The fourth-order valence-electron chi connectivity index (χ4n) is 2.55. The van der Waals surface area contributed by atoms with Gasteiger partial charge in [0, 0.05) is 24.9 Å². The number of benzene rings is 2. The molecule has 0 spiro atoms. The van der Waals surface area contributed by atoms with E-state index in [9.17, 15) is 9.59 Å². The summed E-state index contributed by atoms with van der Waals surface area (Å²) >= 11 is 12.4. The van der Waals surface area contributed by atoms with Gasteiger partial charge in [0.25, 0.3) is 11.8 Å². The lowest BCUT2D eigenvalue weighted by Crippen LogP contribution is -2.26. The van der Waals surface area contributed by atoms with Crippen LogP contribution in [0.15, 0.2) is 42.5 Å². The van der Waals surface area contributed by atoms with Crippen LogP contribution in [0.4, 0.5) is 11.5 Å². The largest absolute Gasteiger partial charge is 0.383 e. The molecule has 1 heterocycles. The van der Waals surface area contributed by atoms with E-state index in [2.05, 4.69) is 20.8 Å². The summed E-state index contributed by atoms with van der Waals surface area (Å²) in [5.74, 6) is -0.882. The Kier molecular flexibility index (Phi) is 6.88. The summed E-state index contributed by atoms with van der Waals surface area (Å²) in [4.78, 5) is 25.0. The van der Waals surface area contributed by atoms with E-state index in [0.717, 1.165) is 4.80 Å². The average Bonchev–Trinajstić information content (AvgIpc) is 3.12. The second kappa shape index (κ2) is 9.57. The lowest BCUT2D eigenvalue weighted by atomic mass is 10.2. The van der Waals surface area contributed by atoms with Gasteiger partial charge in [-0.25, -0.2) is 0 Å². The summed E-state index contributed by atoms with van der Waals surface area (Å²) in [6.45, 7) is 0.831. The lowest BCUT2D eigenvalue weighted by molar-refractivity contribution is 0.0936. The maximum absolute atomic E-state index is 12.1. The summed E-state index contributed by atoms with van der Waals surface area (Å²) in [6, 6.07) is 11.5. The Labute approximate surface area is 182 Å². The van der Waals surface area contributed by atoms with Crippen molar-refractivity contribution in [1.29, 1.82) is 0 Å². The van der Waals surface area contributed by atoms with Crippen molar-refractivity contribution in [1.82, 2.24) is 20.3 Å². The summed E-state index contributed by atoms with van der Waals surface area (Å²) < 4.78 is 4.90. The van der Waals surface area contributed by atoms with Crippen LogP contribution in [-0.2, 0) is 4.74 Å². The minimum Gasteiger partial charge on any atom is -0.383 e. The molecule has 2 aromatic carbocycles. The van der Waals surface area contributed by atoms with Gasteiger partial charge in [0.15, 0.2) is 11.5 Å². The van der Waals surface area contributed by atoms with Gasteiger partial charge in [0.1, 0.15) is 5.69 Å². The van der Waals surface area contributed by atoms with E-state index in [1.54, 1.807) is 49.6 Å². The fraction of sp³-hybridized carbons (Fsp3) is 0.158. The van der Waals surface area contributed by atoms with Crippen molar-refractivity contribution in [2.45, 2.75) is 0 Å². The normalized spacial score (nSPS) is 10.6. The van der Waals surface area contributed by atoms with Gasteiger partial charge in [-0.1, -0.05) is 29.3 Å². The number of primary amides is 1. The Morgan fingerprint density at radius 2 is 1.77 bits per heavy atom. The zero-order chi connectivity index (χ0) is 21.7. The molecule has 3 aromatic rings. The summed E-state index contributed by atoms with van der Waals surface area (Å²) in [7, 11) is 1.56. The molecule has 2 amide bonds. The van der Waals surface area contributed by atoms with Crippen LogP contribution in [0.25, 0.3) is 5.69 Å². The van der Waals surface area contributed by atoms with E-state index in [-0.39, 0.29) is 17.4 Å². The zero-order valence-electron chi connectivity index (χ0n) is 15.9. The molecular weight excluding hydrogens is 431 g/mol. The predicted octanol–water partition coefficient (Wildman–Crippen LogP) is 2.79. The highest BCUT2D eigenvalue weighted by Crippen LogP contribution is 2.28. The monoisotopic (exact) mass is 448 g/mol. The first kappa shape index (κ1) is 21.6. The molecule has 0 atom stereocenters. The van der Waals surface area contributed by atoms with Crippen molar-refractivity contribution < 1.29 is 14.3 Å². The molecule has 0 bridgehead atoms. The maximum atomic E-state index is 12.1. The van der Waals surface area contributed by atoms with Crippen molar-refractivity contribution in [2.24, 2.45) is 5.73 Å². The highest BCUT2D eigenvalue weighted by atomic mass is 35.5. The number of aromatic nitrogens is 3. The van der Waals surface area contributed by atoms with E-state index >= 15 is 0 Å². The van der Waals surface area contributed by atoms with Crippen LogP contribution in [0.2, 0.25) is 10.0 Å². The molecule has 0 aliphatic carbocycles. The minimum absolute atomic E-state index is 0.0904. The van der Waals surface area contributed by atoms with Crippen LogP contribution in [0.3, 0.4) is 0 Å². The number of methoxy groups -OCH3 is 1. The van der Waals surface area contributed by atoms with Crippen molar-refractivity contribution >= 4 is 46.5 Å². The van der Waals surface area contributed by atoms with Gasteiger partial charge >= 0.3 is 0 Å². The Bertz CT molecular complexity index is 1050. The van der Waals surface area contributed by atoms with Crippen LogP contribution in [0.1, 0.15) is 20.8 Å². The lowest BCUT2D eigenvalue weighted by Gasteiger charge is -2.07. The van der Waals surface area contributed by atoms with Crippen molar-refractivity contribution in [3.63, 3.8) is 0 Å². The molecular formula is C19H18Cl2N6O3. The first-order valence-electron chi connectivity index (χ1n) is 8.76. The van der Waals surface area contributed by atoms with Gasteiger partial charge < -0.3 is 21.1 Å². The second-order valence-electron chi connectivity index (χ2n) is 6.07. The van der Waals surface area contributed by atoms with Crippen molar-refractivity contribution in [3.05, 3.63) is 63.8 Å². The van der Waals surface area contributed by atoms with Gasteiger partial charge in [-0.2, -0.15) is 0 Å². The third-order valence-electron chi connectivity index (χ3n) is 3.99. The quantitative estimate of drug-likeness (QED) is 0.455. The smallest absolute Gasteiger partial charge is 0.273 e. The number of nitrogens with two attached hydrogens (primary N) is 1. The van der Waals surface area contributed by atoms with Crippen LogP contribution >= 0.6 is 23.2 Å². The molecule has 156 valence electrons. The van der Waals surface area contributed by atoms with Crippen LogP contribution in [0.5, 0.6) is 0 Å². The Morgan fingerprint density at radius 1 is 1.10 bits per heavy atom. The van der Waals surface area contributed by atoms with Gasteiger partial charge in [-0.15, -0.1) is 15.0 Å². The topological polar surface area (TPSA) is 124 Å². The second-order valence-corrected chi connectivity index (χ2v) is 6.89. The number of ether oxygens (including phenoxy) is 1. The molecule has 0 radical (unpaired) electrons. The van der Waals surface area contributed by atoms with E-state index in [4.69, 9.17) is 33.7 Å². The van der Waals surface area contributed by atoms with Crippen LogP contribution in [0, 0.1) is 0 Å². The fourth-order valence-corrected chi connectivity index (χ4v) is 3.10. The number of para-hydroxylation sites is 1. The molecule has 3 rings (SSSR count). The van der Waals surface area contributed by atoms with Crippen LogP contribution in [-0.4, -0.2) is 47.1 Å². The molecule has 0 saturated carbocycles. The number of amides is 2. The Balaban J connectivity index is 1.83.